The van der Waals surface area contributed by atoms with E-state index in [-0.39, 0.29) is 29.5 Å². The number of carbonyl (C=O) groups is 5. The minimum Gasteiger partial charge on any atom is -0.507 e. The van der Waals surface area contributed by atoms with Crippen molar-refractivity contribution in [2.45, 2.75) is 68.5 Å². The number of hydrogen-bond donors (Lipinski definition) is 6. The van der Waals surface area contributed by atoms with Gasteiger partial charge in [0, 0.05) is 37.0 Å². The number of Topliss-reactive ketones (excluding diaryl/α,β-unsaturated/α-hetero) is 3. The quantitative estimate of drug-likeness (QED) is 0.232. The lowest BCUT2D eigenvalue weighted by Crippen LogP contribution is -2.67. The number of esters is 1. The van der Waals surface area contributed by atoms with Gasteiger partial charge in [0.1, 0.15) is 35.4 Å². The number of aryl methyl sites for hydroxylation is 2. The molecular formula is C33H33NO14. The van der Waals surface area contributed by atoms with Crippen molar-refractivity contribution in [1.29, 1.82) is 0 Å². The van der Waals surface area contributed by atoms with E-state index in [1.54, 1.807) is 0 Å². The Balaban J connectivity index is 1.50. The molecule has 0 unspecified atom stereocenters. The average molecular weight is 668 g/mol. The Morgan fingerprint density at radius 1 is 0.979 bits per heavy atom. The largest absolute Gasteiger partial charge is 0.507 e. The molecule has 15 nitrogen and oxygen atoms in total. The predicted octanol–water partition coefficient (Wildman–Crippen LogP) is 0.125. The molecule has 2 aromatic rings. The molecule has 48 heavy (non-hydrogen) atoms. The van der Waals surface area contributed by atoms with E-state index in [0.29, 0.717) is 0 Å². The summed E-state index contributed by atoms with van der Waals surface area (Å²) in [5.41, 5.74) is -8.47. The number of fused-ring (bicyclic) bond motifs is 5. The molecule has 6 N–H and O–H groups in total. The molecule has 1 aliphatic heterocycles. The van der Waals surface area contributed by atoms with Gasteiger partial charge in [0.15, 0.2) is 23.2 Å². The first-order chi connectivity index (χ1) is 22.6. The van der Waals surface area contributed by atoms with Crippen LogP contribution in [0.3, 0.4) is 0 Å². The van der Waals surface area contributed by atoms with Crippen LogP contribution in [0.2, 0.25) is 0 Å². The fourth-order valence-corrected chi connectivity index (χ4v) is 7.43. The summed E-state index contributed by atoms with van der Waals surface area (Å²) in [6, 6.07) is 2.39. The first-order valence-electron chi connectivity index (χ1n) is 14.9. The number of aliphatic hydroxyl groups is 3. The normalized spacial score (nSPS) is 30.9. The third-order valence-electron chi connectivity index (χ3n) is 9.89. The number of benzene rings is 2. The summed E-state index contributed by atoms with van der Waals surface area (Å²) in [6.07, 6.45) is -5.55. The highest BCUT2D eigenvalue weighted by molar-refractivity contribution is 6.30. The van der Waals surface area contributed by atoms with Crippen LogP contribution in [0.4, 0.5) is 0 Å². The molecule has 15 heteroatoms. The van der Waals surface area contributed by atoms with Gasteiger partial charge < -0.3 is 49.8 Å². The molecule has 1 heterocycles. The molecule has 1 saturated heterocycles. The van der Waals surface area contributed by atoms with Crippen LogP contribution in [0, 0.1) is 6.92 Å². The van der Waals surface area contributed by atoms with Crippen molar-refractivity contribution >= 4 is 29.1 Å². The van der Waals surface area contributed by atoms with Crippen molar-refractivity contribution in [3.63, 3.8) is 0 Å². The molecule has 1 fully saturated rings. The van der Waals surface area contributed by atoms with Gasteiger partial charge in [-0.05, 0) is 43.9 Å². The highest BCUT2D eigenvalue weighted by Gasteiger charge is 2.69. The Morgan fingerprint density at radius 2 is 1.67 bits per heavy atom. The van der Waals surface area contributed by atoms with E-state index in [4.69, 9.17) is 18.9 Å². The summed E-state index contributed by atoms with van der Waals surface area (Å²) in [5, 5.41) is 58.6. The maximum absolute atomic E-state index is 14.4. The lowest BCUT2D eigenvalue weighted by molar-refractivity contribution is -0.229. The number of hydrogen-bond acceptors (Lipinski definition) is 15. The number of aliphatic hydroxyl groups excluding tert-OH is 2. The predicted molar refractivity (Wildman–Crippen MR) is 160 cm³/mol. The number of phenols is 2. The lowest BCUT2D eigenvalue weighted by atomic mass is 9.57. The third-order valence-corrected chi connectivity index (χ3v) is 9.89. The number of rotatable bonds is 5. The molecule has 254 valence electrons. The molecule has 0 radical (unpaired) electrons. The van der Waals surface area contributed by atoms with Gasteiger partial charge in [-0.2, -0.15) is 0 Å². The number of allylic oxidation sites excluding steroid dienone is 2. The van der Waals surface area contributed by atoms with Gasteiger partial charge in [-0.15, -0.1) is 0 Å². The van der Waals surface area contributed by atoms with Crippen LogP contribution in [0.1, 0.15) is 81.8 Å². The molecule has 0 saturated carbocycles. The van der Waals surface area contributed by atoms with E-state index in [1.807, 2.05) is 0 Å². The van der Waals surface area contributed by atoms with E-state index in [9.17, 15) is 49.5 Å². The SMILES string of the molecule is COC(=O)c1c(C)cc2c(c1O)[C@@]1(O)C(=O)c3cc4c(c(O)c3C(=O)[C@@]1(OC)CC2)C(=O)C(N[C@H]1O[C@@H](C)[C@H](O)[C@@H](O)[C@H]1OC)=CC4=O. The summed E-state index contributed by atoms with van der Waals surface area (Å²) in [4.78, 5) is 68.7. The van der Waals surface area contributed by atoms with Gasteiger partial charge in [0.25, 0.3) is 0 Å². The fraction of sp³-hybridized carbons (Fsp3) is 0.424. The molecule has 3 aliphatic carbocycles. The maximum atomic E-state index is 14.4. The zero-order valence-corrected chi connectivity index (χ0v) is 26.4. The second kappa shape index (κ2) is 11.3. The van der Waals surface area contributed by atoms with Crippen LogP contribution < -0.4 is 5.32 Å². The number of phenolic OH excluding ortho intramolecular Hbond substituents is 2. The fourth-order valence-electron chi connectivity index (χ4n) is 7.43. The van der Waals surface area contributed by atoms with Crippen LogP contribution in [-0.2, 0) is 31.0 Å². The second-order valence-corrected chi connectivity index (χ2v) is 12.3. The summed E-state index contributed by atoms with van der Waals surface area (Å²) in [7, 11) is 3.36. The van der Waals surface area contributed by atoms with E-state index in [1.165, 1.54) is 27.0 Å². The first kappa shape index (κ1) is 33.4. The van der Waals surface area contributed by atoms with Gasteiger partial charge in [0.2, 0.25) is 17.3 Å². The molecule has 0 spiro atoms. The van der Waals surface area contributed by atoms with Gasteiger partial charge in [-0.1, -0.05) is 6.07 Å². The number of carbonyl (C=O) groups excluding carboxylic acids is 5. The third kappa shape index (κ3) is 4.18. The number of ether oxygens (including phenoxy) is 4. The van der Waals surface area contributed by atoms with Gasteiger partial charge in [-0.3, -0.25) is 19.2 Å². The van der Waals surface area contributed by atoms with E-state index in [0.717, 1.165) is 26.4 Å². The Kier molecular flexibility index (Phi) is 7.85. The zero-order chi connectivity index (χ0) is 35.2. The lowest BCUT2D eigenvalue weighted by Gasteiger charge is -2.50. The van der Waals surface area contributed by atoms with Crippen LogP contribution in [0.25, 0.3) is 0 Å². The van der Waals surface area contributed by atoms with E-state index in [2.05, 4.69) is 5.32 Å². The van der Waals surface area contributed by atoms with Gasteiger partial charge in [-0.25, -0.2) is 4.79 Å². The smallest absolute Gasteiger partial charge is 0.341 e. The van der Waals surface area contributed by atoms with Gasteiger partial charge >= 0.3 is 5.97 Å². The Bertz CT molecular complexity index is 1860. The van der Waals surface area contributed by atoms with Crippen LogP contribution in [0.15, 0.2) is 23.9 Å². The highest BCUT2D eigenvalue weighted by Crippen LogP contribution is 2.56. The van der Waals surface area contributed by atoms with Crippen LogP contribution >= 0.6 is 0 Å². The molecule has 0 aromatic heterocycles. The van der Waals surface area contributed by atoms with Crippen molar-refractivity contribution in [1.82, 2.24) is 5.32 Å². The molecule has 6 rings (SSSR count). The zero-order valence-electron chi connectivity index (χ0n) is 26.4. The molecule has 7 atom stereocenters. The van der Waals surface area contributed by atoms with Crippen molar-refractivity contribution < 1.29 is 68.5 Å². The highest BCUT2D eigenvalue weighted by atomic mass is 16.6. The molecular weight excluding hydrogens is 634 g/mol. The van der Waals surface area contributed by atoms with Crippen LogP contribution in [0.5, 0.6) is 11.5 Å². The van der Waals surface area contributed by atoms with Crippen LogP contribution in [-0.4, -0.2) is 112 Å². The minimum atomic E-state index is -2.94. The van der Waals surface area contributed by atoms with Crippen molar-refractivity contribution in [3.05, 3.63) is 68.4 Å². The van der Waals surface area contributed by atoms with E-state index < -0.39 is 116 Å². The van der Waals surface area contributed by atoms with Crippen molar-refractivity contribution in [2.24, 2.45) is 0 Å². The Morgan fingerprint density at radius 3 is 2.29 bits per heavy atom. The number of methoxy groups -OCH3 is 3. The van der Waals surface area contributed by atoms with E-state index >= 15 is 0 Å². The van der Waals surface area contributed by atoms with Crippen molar-refractivity contribution in [3.8, 4) is 11.5 Å². The maximum Gasteiger partial charge on any atom is 0.341 e. The number of nitrogens with one attached hydrogen (secondary N) is 1. The first-order valence-corrected chi connectivity index (χ1v) is 14.9. The Hall–Kier alpha value is -4.51. The molecule has 2 aromatic carbocycles. The van der Waals surface area contributed by atoms with Crippen molar-refractivity contribution in [2.75, 3.05) is 21.3 Å². The topological polar surface area (TPSA) is 235 Å². The summed E-state index contributed by atoms with van der Waals surface area (Å²) in [6.45, 7) is 2.99. The molecule has 0 bridgehead atoms. The number of aromatic hydroxyl groups is 2. The minimum absolute atomic E-state index is 0.0172. The molecule has 4 aliphatic rings. The average Bonchev–Trinajstić information content (AvgIpc) is 3.04. The summed E-state index contributed by atoms with van der Waals surface area (Å²) >= 11 is 0. The standard InChI is InChI=1S/C33H33NO14/c1-11-8-13-6-7-32(47-5)29(42)20-15(28(41)33(32,44)21(13)25(39)18(11)31(43)46-4)9-14-17(35)10-16(23(37)19(14)24(20)38)34-30-27(45-3)26(40)22(36)12(2)48-30/h8-10,12,22,26-27,30,34,36,38-40,44H,6-7H2,1-5H3/t12-,22-,26+,27+,30-,32-,33+/m0/s1. The monoisotopic (exact) mass is 667 g/mol. The molecule has 0 amide bonds. The summed E-state index contributed by atoms with van der Waals surface area (Å²) < 4.78 is 21.3. The Labute approximate surface area is 272 Å². The summed E-state index contributed by atoms with van der Waals surface area (Å²) in [5.74, 6) is -7.00. The second-order valence-electron chi connectivity index (χ2n) is 12.3. The number of ketones is 4. The van der Waals surface area contributed by atoms with Gasteiger partial charge in [0.05, 0.1) is 30.0 Å².